The van der Waals surface area contributed by atoms with Crippen LogP contribution in [-0.2, 0) is 11.2 Å². The normalized spacial score (nSPS) is 10.0. The Morgan fingerprint density at radius 2 is 1.96 bits per heavy atom. The monoisotopic (exact) mass is 343 g/mol. The van der Waals surface area contributed by atoms with Gasteiger partial charge in [-0.3, -0.25) is 14.6 Å². The van der Waals surface area contributed by atoms with Gasteiger partial charge in [0.2, 0.25) is 5.91 Å². The predicted molar refractivity (Wildman–Crippen MR) is 92.8 cm³/mol. The number of carbonyl (C=O) groups is 2. The molecule has 0 saturated carbocycles. The zero-order valence-corrected chi connectivity index (χ0v) is 14.2. The van der Waals surface area contributed by atoms with Crippen molar-refractivity contribution in [3.05, 3.63) is 53.9 Å². The molecular weight excluding hydrogens is 322 g/mol. The maximum atomic E-state index is 11.8. The minimum atomic E-state index is -0.335. The summed E-state index contributed by atoms with van der Waals surface area (Å²) in [5, 5.41) is 5.31. The molecule has 0 unspecified atom stereocenters. The van der Waals surface area contributed by atoms with E-state index in [-0.39, 0.29) is 18.4 Å². The molecule has 7 nitrogen and oxygen atoms in total. The first-order valence-corrected chi connectivity index (χ1v) is 7.80. The minimum absolute atomic E-state index is 0.0943. The third-order valence-electron chi connectivity index (χ3n) is 3.54. The van der Waals surface area contributed by atoms with Gasteiger partial charge in [0, 0.05) is 18.9 Å². The highest BCUT2D eigenvalue weighted by atomic mass is 16.5. The average molecular weight is 343 g/mol. The zero-order valence-electron chi connectivity index (χ0n) is 14.2. The van der Waals surface area contributed by atoms with Crippen molar-refractivity contribution < 1.29 is 19.1 Å². The third-order valence-corrected chi connectivity index (χ3v) is 3.54. The quantitative estimate of drug-likeness (QED) is 0.751. The predicted octanol–water partition coefficient (Wildman–Crippen LogP) is 1.19. The molecule has 0 radical (unpaired) electrons. The number of nitrogens with zero attached hydrogens (tertiary/aromatic N) is 1. The standard InChI is InChI=1S/C18H21N3O4/c1-24-15-5-6-16(25-2)13(10-15)7-9-20-17(22)12-21-18(23)14-4-3-8-19-11-14/h3-6,8,10-11H,7,9,12H2,1-2H3,(H,20,22)(H,21,23). The molecule has 132 valence electrons. The van der Waals surface area contributed by atoms with Crippen molar-refractivity contribution in [3.63, 3.8) is 0 Å². The number of rotatable bonds is 8. The number of amides is 2. The summed E-state index contributed by atoms with van der Waals surface area (Å²) in [7, 11) is 3.19. The number of benzene rings is 1. The van der Waals surface area contributed by atoms with Gasteiger partial charge in [0.1, 0.15) is 11.5 Å². The van der Waals surface area contributed by atoms with E-state index in [0.717, 1.165) is 17.1 Å². The first kappa shape index (κ1) is 18.3. The van der Waals surface area contributed by atoms with Crippen LogP contribution in [0.1, 0.15) is 15.9 Å². The molecule has 2 rings (SSSR count). The molecule has 0 aliphatic carbocycles. The molecule has 2 amide bonds. The van der Waals surface area contributed by atoms with Crippen molar-refractivity contribution in [2.45, 2.75) is 6.42 Å². The second-order valence-corrected chi connectivity index (χ2v) is 5.20. The fourth-order valence-corrected chi connectivity index (χ4v) is 2.24. The van der Waals surface area contributed by atoms with Crippen LogP contribution in [0.4, 0.5) is 0 Å². The molecule has 0 aliphatic rings. The highest BCUT2D eigenvalue weighted by Crippen LogP contribution is 2.24. The summed E-state index contributed by atoms with van der Waals surface area (Å²) in [6, 6.07) is 8.81. The van der Waals surface area contributed by atoms with E-state index in [2.05, 4.69) is 15.6 Å². The summed E-state index contributed by atoms with van der Waals surface area (Å²) in [6.07, 6.45) is 3.61. The summed E-state index contributed by atoms with van der Waals surface area (Å²) < 4.78 is 10.5. The molecule has 25 heavy (non-hydrogen) atoms. The molecule has 0 fully saturated rings. The van der Waals surface area contributed by atoms with E-state index in [1.165, 1.54) is 6.20 Å². The van der Waals surface area contributed by atoms with Crippen LogP contribution in [0.15, 0.2) is 42.7 Å². The largest absolute Gasteiger partial charge is 0.497 e. The molecule has 0 saturated heterocycles. The van der Waals surface area contributed by atoms with Crippen molar-refractivity contribution in [1.29, 1.82) is 0 Å². The van der Waals surface area contributed by atoms with Gasteiger partial charge in [-0.2, -0.15) is 0 Å². The van der Waals surface area contributed by atoms with E-state index >= 15 is 0 Å². The van der Waals surface area contributed by atoms with Crippen molar-refractivity contribution in [3.8, 4) is 11.5 Å². The SMILES string of the molecule is COc1ccc(OC)c(CCNC(=O)CNC(=O)c2cccnc2)c1. The van der Waals surface area contributed by atoms with Gasteiger partial charge < -0.3 is 20.1 Å². The fourth-order valence-electron chi connectivity index (χ4n) is 2.24. The van der Waals surface area contributed by atoms with E-state index in [1.807, 2.05) is 18.2 Å². The fraction of sp³-hybridized carbons (Fsp3) is 0.278. The highest BCUT2D eigenvalue weighted by molar-refractivity contribution is 5.96. The van der Waals surface area contributed by atoms with Crippen LogP contribution in [0.3, 0.4) is 0 Å². The molecule has 2 N–H and O–H groups in total. The Balaban J connectivity index is 1.78. The molecule has 1 heterocycles. The number of methoxy groups -OCH3 is 2. The smallest absolute Gasteiger partial charge is 0.253 e. The van der Waals surface area contributed by atoms with Crippen LogP contribution in [-0.4, -0.2) is 44.1 Å². The molecule has 2 aromatic rings. The van der Waals surface area contributed by atoms with Crippen LogP contribution >= 0.6 is 0 Å². The summed E-state index contributed by atoms with van der Waals surface area (Å²) in [4.78, 5) is 27.5. The van der Waals surface area contributed by atoms with Gasteiger partial charge in [-0.05, 0) is 42.3 Å². The first-order chi connectivity index (χ1) is 12.1. The Bertz CT molecular complexity index is 720. The van der Waals surface area contributed by atoms with Crippen LogP contribution in [0.2, 0.25) is 0 Å². The summed E-state index contributed by atoms with van der Waals surface area (Å²) >= 11 is 0. The lowest BCUT2D eigenvalue weighted by Gasteiger charge is -2.11. The Labute approximate surface area is 146 Å². The van der Waals surface area contributed by atoms with E-state index in [9.17, 15) is 9.59 Å². The van der Waals surface area contributed by atoms with Crippen molar-refractivity contribution in [2.24, 2.45) is 0 Å². The Hall–Kier alpha value is -3.09. The third kappa shape index (κ3) is 5.49. The second kappa shape index (κ2) is 9.27. The lowest BCUT2D eigenvalue weighted by atomic mass is 10.1. The average Bonchev–Trinajstić information content (AvgIpc) is 2.66. The molecule has 0 bridgehead atoms. The van der Waals surface area contributed by atoms with E-state index in [1.54, 1.807) is 32.5 Å². The van der Waals surface area contributed by atoms with Gasteiger partial charge in [-0.1, -0.05) is 0 Å². The van der Waals surface area contributed by atoms with Crippen LogP contribution in [0.5, 0.6) is 11.5 Å². The molecule has 7 heteroatoms. The van der Waals surface area contributed by atoms with Gasteiger partial charge in [0.25, 0.3) is 5.91 Å². The van der Waals surface area contributed by atoms with Gasteiger partial charge in [0.15, 0.2) is 0 Å². The molecular formula is C18H21N3O4. The number of hydrogen-bond donors (Lipinski definition) is 2. The Kier molecular flexibility index (Phi) is 6.76. The zero-order chi connectivity index (χ0) is 18.1. The number of aromatic nitrogens is 1. The summed E-state index contributed by atoms with van der Waals surface area (Å²) in [5.74, 6) is 0.864. The van der Waals surface area contributed by atoms with Crippen molar-refractivity contribution >= 4 is 11.8 Å². The molecule has 1 aromatic heterocycles. The lowest BCUT2D eigenvalue weighted by Crippen LogP contribution is -2.37. The van der Waals surface area contributed by atoms with E-state index in [0.29, 0.717) is 18.5 Å². The second-order valence-electron chi connectivity index (χ2n) is 5.20. The topological polar surface area (TPSA) is 89.5 Å². The number of ether oxygens (including phenoxy) is 2. The van der Waals surface area contributed by atoms with Gasteiger partial charge in [-0.15, -0.1) is 0 Å². The number of hydrogen-bond acceptors (Lipinski definition) is 5. The number of nitrogens with one attached hydrogen (secondary N) is 2. The Morgan fingerprint density at radius 1 is 1.12 bits per heavy atom. The molecule has 0 spiro atoms. The summed E-state index contributed by atoms with van der Waals surface area (Å²) in [6.45, 7) is 0.327. The van der Waals surface area contributed by atoms with Crippen molar-refractivity contribution in [2.75, 3.05) is 27.3 Å². The van der Waals surface area contributed by atoms with Crippen LogP contribution in [0, 0.1) is 0 Å². The maximum absolute atomic E-state index is 11.8. The molecule has 0 aliphatic heterocycles. The lowest BCUT2D eigenvalue weighted by molar-refractivity contribution is -0.120. The summed E-state index contributed by atoms with van der Waals surface area (Å²) in [5.41, 5.74) is 1.35. The van der Waals surface area contributed by atoms with Crippen LogP contribution in [0.25, 0.3) is 0 Å². The maximum Gasteiger partial charge on any atom is 0.253 e. The molecule has 0 atom stereocenters. The van der Waals surface area contributed by atoms with Gasteiger partial charge in [0.05, 0.1) is 26.3 Å². The first-order valence-electron chi connectivity index (χ1n) is 7.80. The van der Waals surface area contributed by atoms with Crippen LogP contribution < -0.4 is 20.1 Å². The van der Waals surface area contributed by atoms with Gasteiger partial charge in [-0.25, -0.2) is 0 Å². The van der Waals surface area contributed by atoms with Crippen molar-refractivity contribution in [1.82, 2.24) is 15.6 Å². The van der Waals surface area contributed by atoms with E-state index < -0.39 is 0 Å². The van der Waals surface area contributed by atoms with Gasteiger partial charge >= 0.3 is 0 Å². The van der Waals surface area contributed by atoms with E-state index in [4.69, 9.17) is 9.47 Å². The number of carbonyl (C=O) groups excluding carboxylic acids is 2. The highest BCUT2D eigenvalue weighted by Gasteiger charge is 2.09. The molecule has 1 aromatic carbocycles. The number of pyridine rings is 1. The Morgan fingerprint density at radius 3 is 2.64 bits per heavy atom. The minimum Gasteiger partial charge on any atom is -0.497 e.